The lowest BCUT2D eigenvalue weighted by molar-refractivity contribution is -0.115. The zero-order valence-corrected chi connectivity index (χ0v) is 9.08. The number of halogens is 1. The predicted octanol–water partition coefficient (Wildman–Crippen LogP) is 1.04. The fourth-order valence-electron chi connectivity index (χ4n) is 1.21. The molecule has 6 heteroatoms. The second-order valence-corrected chi connectivity index (χ2v) is 3.15. The number of nitriles is 1. The van der Waals surface area contributed by atoms with Crippen LogP contribution in [-0.2, 0) is 4.79 Å². The molecule has 0 spiro atoms. The molecule has 0 saturated carbocycles. The molecule has 1 rings (SSSR count). The Balaban J connectivity index is 3.03. The summed E-state index contributed by atoms with van der Waals surface area (Å²) in [6.07, 6.45) is -0.329. The lowest BCUT2D eigenvalue weighted by Crippen LogP contribution is -2.21. The Morgan fingerprint density at radius 1 is 1.47 bits per heavy atom. The standard InChI is InChI=1S/C11H10FN3O2/c1-14-11(17)8-6-7(12)2-3-9(8)15-10(16)4-5-13/h2-3,6H,4H2,1H3,(H,14,17)(H,15,16). The average Bonchev–Trinajstić information content (AvgIpc) is 2.30. The minimum Gasteiger partial charge on any atom is -0.355 e. The molecule has 88 valence electrons. The van der Waals surface area contributed by atoms with Crippen LogP contribution in [-0.4, -0.2) is 18.9 Å². The Bertz CT molecular complexity index is 494. The fourth-order valence-corrected chi connectivity index (χ4v) is 1.21. The van der Waals surface area contributed by atoms with E-state index in [0.717, 1.165) is 12.1 Å². The Morgan fingerprint density at radius 2 is 2.18 bits per heavy atom. The van der Waals surface area contributed by atoms with Crippen LogP contribution in [0.1, 0.15) is 16.8 Å². The first-order valence-electron chi connectivity index (χ1n) is 4.77. The van der Waals surface area contributed by atoms with E-state index in [1.165, 1.54) is 13.1 Å². The second-order valence-electron chi connectivity index (χ2n) is 3.15. The maximum absolute atomic E-state index is 13.0. The molecule has 0 atom stereocenters. The van der Waals surface area contributed by atoms with Crippen LogP contribution in [0.5, 0.6) is 0 Å². The van der Waals surface area contributed by atoms with E-state index in [9.17, 15) is 14.0 Å². The van der Waals surface area contributed by atoms with E-state index < -0.39 is 17.6 Å². The molecule has 2 amide bonds. The molecule has 0 fully saturated rings. The second kappa shape index (κ2) is 5.61. The SMILES string of the molecule is CNC(=O)c1cc(F)ccc1NC(=O)CC#N. The van der Waals surface area contributed by atoms with Gasteiger partial charge in [-0.3, -0.25) is 9.59 Å². The molecule has 1 aromatic carbocycles. The molecule has 5 nitrogen and oxygen atoms in total. The van der Waals surface area contributed by atoms with Gasteiger partial charge in [0.15, 0.2) is 0 Å². The van der Waals surface area contributed by atoms with E-state index in [1.54, 1.807) is 6.07 Å². The van der Waals surface area contributed by atoms with Crippen LogP contribution in [0.25, 0.3) is 0 Å². The number of carbonyl (C=O) groups excluding carboxylic acids is 2. The Labute approximate surface area is 97.2 Å². The summed E-state index contributed by atoms with van der Waals surface area (Å²) in [5.74, 6) is -1.65. The van der Waals surface area contributed by atoms with Crippen molar-refractivity contribution < 1.29 is 14.0 Å². The maximum atomic E-state index is 13.0. The molecule has 1 aromatic rings. The van der Waals surface area contributed by atoms with Gasteiger partial charge in [0.05, 0.1) is 17.3 Å². The topological polar surface area (TPSA) is 82.0 Å². The van der Waals surface area contributed by atoms with E-state index in [-0.39, 0.29) is 17.7 Å². The Morgan fingerprint density at radius 3 is 2.76 bits per heavy atom. The van der Waals surface area contributed by atoms with Crippen LogP contribution >= 0.6 is 0 Å². The largest absolute Gasteiger partial charge is 0.355 e. The number of benzene rings is 1. The van der Waals surface area contributed by atoms with Gasteiger partial charge in [0.25, 0.3) is 5.91 Å². The van der Waals surface area contributed by atoms with Crippen LogP contribution in [0, 0.1) is 17.1 Å². The summed E-state index contributed by atoms with van der Waals surface area (Å²) in [4.78, 5) is 22.6. The van der Waals surface area contributed by atoms with E-state index in [0.29, 0.717) is 0 Å². The van der Waals surface area contributed by atoms with E-state index >= 15 is 0 Å². The lowest BCUT2D eigenvalue weighted by atomic mass is 10.1. The third kappa shape index (κ3) is 3.28. The number of nitrogens with one attached hydrogen (secondary N) is 2. The summed E-state index contributed by atoms with van der Waals surface area (Å²) in [5, 5.41) is 13.0. The first-order chi connectivity index (χ1) is 8.08. The molecule has 0 radical (unpaired) electrons. The van der Waals surface area contributed by atoms with E-state index in [1.807, 2.05) is 0 Å². The van der Waals surface area contributed by atoms with Crippen LogP contribution in [0.15, 0.2) is 18.2 Å². The molecule has 0 saturated heterocycles. The normalized spacial score (nSPS) is 9.24. The first-order valence-corrected chi connectivity index (χ1v) is 4.77. The number of carbonyl (C=O) groups is 2. The van der Waals surface area contributed by atoms with Crippen molar-refractivity contribution in [3.63, 3.8) is 0 Å². The molecule has 0 aliphatic heterocycles. The van der Waals surface area contributed by atoms with Crippen molar-refractivity contribution in [3.8, 4) is 6.07 Å². The summed E-state index contributed by atoms with van der Waals surface area (Å²) >= 11 is 0. The molecule has 0 aliphatic rings. The van der Waals surface area contributed by atoms with Gasteiger partial charge < -0.3 is 10.6 Å². The Kier molecular flexibility index (Phi) is 4.17. The number of nitrogens with zero attached hydrogens (tertiary/aromatic N) is 1. The summed E-state index contributed by atoms with van der Waals surface area (Å²) < 4.78 is 13.0. The van der Waals surface area contributed by atoms with Gasteiger partial charge in [-0.1, -0.05) is 0 Å². The summed E-state index contributed by atoms with van der Waals surface area (Å²) in [5.41, 5.74) is 0.185. The van der Waals surface area contributed by atoms with Gasteiger partial charge in [0, 0.05) is 7.05 Å². The van der Waals surface area contributed by atoms with Crippen molar-refractivity contribution in [1.82, 2.24) is 5.32 Å². The third-order valence-corrected chi connectivity index (χ3v) is 1.97. The van der Waals surface area contributed by atoms with Gasteiger partial charge in [-0.25, -0.2) is 4.39 Å². The van der Waals surface area contributed by atoms with E-state index in [4.69, 9.17) is 5.26 Å². The van der Waals surface area contributed by atoms with Crippen molar-refractivity contribution >= 4 is 17.5 Å². The van der Waals surface area contributed by atoms with Crippen LogP contribution in [0.4, 0.5) is 10.1 Å². The lowest BCUT2D eigenvalue weighted by Gasteiger charge is -2.09. The molecule has 0 unspecified atom stereocenters. The van der Waals surface area contributed by atoms with Crippen molar-refractivity contribution in [2.24, 2.45) is 0 Å². The summed E-state index contributed by atoms with van der Waals surface area (Å²) in [6, 6.07) is 5.08. The third-order valence-electron chi connectivity index (χ3n) is 1.97. The number of anilines is 1. The van der Waals surface area contributed by atoms with Gasteiger partial charge in [-0.15, -0.1) is 0 Å². The Hall–Kier alpha value is -2.42. The molecule has 2 N–H and O–H groups in total. The molecular weight excluding hydrogens is 225 g/mol. The van der Waals surface area contributed by atoms with Gasteiger partial charge in [-0.2, -0.15) is 5.26 Å². The van der Waals surface area contributed by atoms with Crippen LogP contribution < -0.4 is 10.6 Å². The molecule has 0 heterocycles. The molecule has 0 bridgehead atoms. The average molecular weight is 235 g/mol. The number of amides is 2. The van der Waals surface area contributed by atoms with Crippen LogP contribution in [0.3, 0.4) is 0 Å². The fraction of sp³-hybridized carbons (Fsp3) is 0.182. The zero-order valence-electron chi connectivity index (χ0n) is 9.08. The van der Waals surface area contributed by atoms with Gasteiger partial charge in [-0.05, 0) is 18.2 Å². The predicted molar refractivity (Wildman–Crippen MR) is 58.6 cm³/mol. The zero-order chi connectivity index (χ0) is 12.8. The minimum absolute atomic E-state index is 0.0128. The molecule has 0 aromatic heterocycles. The van der Waals surface area contributed by atoms with Gasteiger partial charge in [0.1, 0.15) is 12.2 Å². The number of hydrogen-bond donors (Lipinski definition) is 2. The highest BCUT2D eigenvalue weighted by molar-refractivity contribution is 6.03. The minimum atomic E-state index is -0.582. The highest BCUT2D eigenvalue weighted by Crippen LogP contribution is 2.17. The first kappa shape index (κ1) is 12.6. The maximum Gasteiger partial charge on any atom is 0.253 e. The van der Waals surface area contributed by atoms with Gasteiger partial charge in [0.2, 0.25) is 5.91 Å². The van der Waals surface area contributed by atoms with Crippen molar-refractivity contribution in [2.45, 2.75) is 6.42 Å². The smallest absolute Gasteiger partial charge is 0.253 e. The number of rotatable bonds is 3. The van der Waals surface area contributed by atoms with Crippen molar-refractivity contribution in [1.29, 1.82) is 5.26 Å². The summed E-state index contributed by atoms with van der Waals surface area (Å²) in [6.45, 7) is 0. The highest BCUT2D eigenvalue weighted by Gasteiger charge is 2.13. The van der Waals surface area contributed by atoms with Crippen LogP contribution in [0.2, 0.25) is 0 Å². The summed E-state index contributed by atoms with van der Waals surface area (Å²) in [7, 11) is 1.40. The van der Waals surface area contributed by atoms with E-state index in [2.05, 4.69) is 10.6 Å². The van der Waals surface area contributed by atoms with Crippen molar-refractivity contribution in [2.75, 3.05) is 12.4 Å². The monoisotopic (exact) mass is 235 g/mol. The van der Waals surface area contributed by atoms with Crippen molar-refractivity contribution in [3.05, 3.63) is 29.6 Å². The number of hydrogen-bond acceptors (Lipinski definition) is 3. The molecule has 17 heavy (non-hydrogen) atoms. The quantitative estimate of drug-likeness (QED) is 0.821. The van der Waals surface area contributed by atoms with Gasteiger partial charge >= 0.3 is 0 Å². The molecular formula is C11H10FN3O2. The molecule has 0 aliphatic carbocycles. The highest BCUT2D eigenvalue weighted by atomic mass is 19.1.